The molecule has 0 aliphatic carbocycles. The molecule has 0 aromatic heterocycles. The molecule has 0 bridgehead atoms. The van der Waals surface area contributed by atoms with Crippen molar-refractivity contribution in [3.05, 3.63) is 29.8 Å². The summed E-state index contributed by atoms with van der Waals surface area (Å²) in [5, 5.41) is 5.38. The normalized spacial score (nSPS) is 10.1. The van der Waals surface area contributed by atoms with E-state index in [9.17, 15) is 9.59 Å². The van der Waals surface area contributed by atoms with E-state index in [0.29, 0.717) is 11.3 Å². The van der Waals surface area contributed by atoms with Crippen molar-refractivity contribution in [2.75, 3.05) is 11.2 Å². The van der Waals surface area contributed by atoms with Crippen LogP contribution in [0.15, 0.2) is 24.3 Å². The summed E-state index contributed by atoms with van der Waals surface area (Å²) in [7, 11) is 0. The summed E-state index contributed by atoms with van der Waals surface area (Å²) in [5.41, 5.74) is 1.18. The summed E-state index contributed by atoms with van der Waals surface area (Å²) in [5.74, 6) is -0.489. The van der Waals surface area contributed by atoms with Gasteiger partial charge in [0.1, 0.15) is 5.88 Å². The first-order valence-corrected chi connectivity index (χ1v) is 5.83. The van der Waals surface area contributed by atoms with Gasteiger partial charge in [-0.2, -0.15) is 0 Å². The summed E-state index contributed by atoms with van der Waals surface area (Å²) < 4.78 is 0. The first-order valence-electron chi connectivity index (χ1n) is 5.29. The van der Waals surface area contributed by atoms with Crippen LogP contribution in [-0.4, -0.2) is 23.7 Å². The minimum absolute atomic E-state index is 0.0877. The quantitative estimate of drug-likeness (QED) is 0.808. The number of amides is 2. The van der Waals surface area contributed by atoms with Crippen LogP contribution in [0.2, 0.25) is 0 Å². The molecule has 1 rings (SSSR count). The molecule has 2 N–H and O–H groups in total. The number of hydrogen-bond donors (Lipinski definition) is 2. The number of hydrogen-bond acceptors (Lipinski definition) is 2. The van der Waals surface area contributed by atoms with E-state index in [2.05, 4.69) is 10.6 Å². The summed E-state index contributed by atoms with van der Waals surface area (Å²) >= 11 is 5.36. The Morgan fingerprint density at radius 1 is 1.24 bits per heavy atom. The van der Waals surface area contributed by atoms with Gasteiger partial charge in [-0.3, -0.25) is 9.59 Å². The lowest BCUT2D eigenvalue weighted by atomic mass is 10.2. The Labute approximate surface area is 105 Å². The Morgan fingerprint density at radius 2 is 1.82 bits per heavy atom. The molecule has 0 saturated heterocycles. The number of nitrogens with one attached hydrogen (secondary N) is 2. The molecule has 0 atom stereocenters. The molecule has 5 heteroatoms. The molecule has 0 unspecified atom stereocenters. The second-order valence-corrected chi connectivity index (χ2v) is 4.15. The molecular weight excluding hydrogens is 240 g/mol. The molecule has 0 spiro atoms. The zero-order valence-corrected chi connectivity index (χ0v) is 10.5. The summed E-state index contributed by atoms with van der Waals surface area (Å²) in [4.78, 5) is 22.6. The smallest absolute Gasteiger partial charge is 0.251 e. The molecule has 17 heavy (non-hydrogen) atoms. The summed E-state index contributed by atoms with van der Waals surface area (Å²) in [6.07, 6.45) is 0. The van der Waals surface area contributed by atoms with Gasteiger partial charge >= 0.3 is 0 Å². The fraction of sp³-hybridized carbons (Fsp3) is 0.333. The molecule has 92 valence electrons. The van der Waals surface area contributed by atoms with E-state index in [0.717, 1.165) is 0 Å². The molecule has 0 saturated carbocycles. The highest BCUT2D eigenvalue weighted by molar-refractivity contribution is 6.29. The number of carbonyl (C=O) groups is 2. The first-order chi connectivity index (χ1) is 8.02. The van der Waals surface area contributed by atoms with E-state index in [-0.39, 0.29) is 23.7 Å². The molecule has 1 aromatic carbocycles. The minimum atomic E-state index is -0.272. The Kier molecular flexibility index (Phi) is 4.97. The van der Waals surface area contributed by atoms with Crippen LogP contribution >= 0.6 is 11.6 Å². The Bertz CT molecular complexity index is 401. The molecule has 0 aliphatic rings. The third-order valence-electron chi connectivity index (χ3n) is 1.97. The zero-order chi connectivity index (χ0) is 12.8. The topological polar surface area (TPSA) is 58.2 Å². The molecule has 2 amide bonds. The molecule has 0 fully saturated rings. The van der Waals surface area contributed by atoms with E-state index < -0.39 is 0 Å². The highest BCUT2D eigenvalue weighted by atomic mass is 35.5. The third kappa shape index (κ3) is 4.44. The maximum absolute atomic E-state index is 11.6. The van der Waals surface area contributed by atoms with Gasteiger partial charge in [-0.25, -0.2) is 0 Å². The van der Waals surface area contributed by atoms with Crippen LogP contribution in [0.5, 0.6) is 0 Å². The maximum atomic E-state index is 11.6. The van der Waals surface area contributed by atoms with Gasteiger partial charge in [0.15, 0.2) is 0 Å². The van der Waals surface area contributed by atoms with Crippen LogP contribution in [0.3, 0.4) is 0 Å². The average molecular weight is 255 g/mol. The van der Waals surface area contributed by atoms with E-state index in [1.807, 2.05) is 13.8 Å². The second-order valence-electron chi connectivity index (χ2n) is 3.89. The number of benzene rings is 1. The third-order valence-corrected chi connectivity index (χ3v) is 2.21. The summed E-state index contributed by atoms with van der Waals surface area (Å²) in [6, 6.07) is 6.74. The molecule has 0 aliphatic heterocycles. The molecule has 0 heterocycles. The van der Waals surface area contributed by atoms with E-state index in [1.54, 1.807) is 24.3 Å². The van der Waals surface area contributed by atoms with Gasteiger partial charge in [-0.05, 0) is 38.1 Å². The predicted molar refractivity (Wildman–Crippen MR) is 68.4 cm³/mol. The van der Waals surface area contributed by atoms with Crippen molar-refractivity contribution < 1.29 is 9.59 Å². The van der Waals surface area contributed by atoms with Crippen molar-refractivity contribution in [2.24, 2.45) is 0 Å². The van der Waals surface area contributed by atoms with Gasteiger partial charge in [-0.1, -0.05) is 0 Å². The van der Waals surface area contributed by atoms with Crippen molar-refractivity contribution >= 4 is 29.1 Å². The standard InChI is InChI=1S/C12H15ClN2O2/c1-8(2)14-12(17)9-3-5-10(6-4-9)15-11(16)7-13/h3-6,8H,7H2,1-2H3,(H,14,17)(H,15,16). The lowest BCUT2D eigenvalue weighted by Crippen LogP contribution is -2.30. The number of rotatable bonds is 4. The Hall–Kier alpha value is -1.55. The number of carbonyl (C=O) groups excluding carboxylic acids is 2. The Balaban J connectivity index is 2.67. The van der Waals surface area contributed by atoms with Crippen LogP contribution in [-0.2, 0) is 4.79 Å². The van der Waals surface area contributed by atoms with Gasteiger partial charge in [0.25, 0.3) is 5.91 Å². The van der Waals surface area contributed by atoms with Gasteiger partial charge in [0.2, 0.25) is 5.91 Å². The molecule has 0 radical (unpaired) electrons. The highest BCUT2D eigenvalue weighted by Gasteiger charge is 2.07. The largest absolute Gasteiger partial charge is 0.350 e. The molecule has 4 nitrogen and oxygen atoms in total. The number of anilines is 1. The fourth-order valence-electron chi connectivity index (χ4n) is 1.24. The van der Waals surface area contributed by atoms with Crippen molar-refractivity contribution in [2.45, 2.75) is 19.9 Å². The highest BCUT2D eigenvalue weighted by Crippen LogP contribution is 2.09. The van der Waals surface area contributed by atoms with E-state index >= 15 is 0 Å². The predicted octanol–water partition coefficient (Wildman–Crippen LogP) is 2.00. The van der Waals surface area contributed by atoms with E-state index in [1.165, 1.54) is 0 Å². The van der Waals surface area contributed by atoms with Crippen LogP contribution in [0, 0.1) is 0 Å². The zero-order valence-electron chi connectivity index (χ0n) is 9.79. The molecule has 1 aromatic rings. The minimum Gasteiger partial charge on any atom is -0.350 e. The number of alkyl halides is 1. The van der Waals surface area contributed by atoms with Crippen molar-refractivity contribution in [3.8, 4) is 0 Å². The fourth-order valence-corrected chi connectivity index (χ4v) is 1.31. The van der Waals surface area contributed by atoms with Crippen LogP contribution < -0.4 is 10.6 Å². The maximum Gasteiger partial charge on any atom is 0.251 e. The van der Waals surface area contributed by atoms with E-state index in [4.69, 9.17) is 11.6 Å². The van der Waals surface area contributed by atoms with Crippen LogP contribution in [0.4, 0.5) is 5.69 Å². The van der Waals surface area contributed by atoms with Crippen molar-refractivity contribution in [1.29, 1.82) is 0 Å². The van der Waals surface area contributed by atoms with Gasteiger partial charge in [0, 0.05) is 17.3 Å². The average Bonchev–Trinajstić information content (AvgIpc) is 2.28. The van der Waals surface area contributed by atoms with Crippen LogP contribution in [0.25, 0.3) is 0 Å². The Morgan fingerprint density at radius 3 is 2.29 bits per heavy atom. The lowest BCUT2D eigenvalue weighted by molar-refractivity contribution is -0.113. The van der Waals surface area contributed by atoms with Crippen molar-refractivity contribution in [3.63, 3.8) is 0 Å². The molecular formula is C12H15ClN2O2. The van der Waals surface area contributed by atoms with Crippen LogP contribution in [0.1, 0.15) is 24.2 Å². The van der Waals surface area contributed by atoms with Gasteiger partial charge in [-0.15, -0.1) is 11.6 Å². The number of halogens is 1. The van der Waals surface area contributed by atoms with Gasteiger partial charge < -0.3 is 10.6 Å². The summed E-state index contributed by atoms with van der Waals surface area (Å²) in [6.45, 7) is 3.79. The van der Waals surface area contributed by atoms with Gasteiger partial charge in [0.05, 0.1) is 0 Å². The first kappa shape index (κ1) is 13.5. The van der Waals surface area contributed by atoms with Crippen molar-refractivity contribution in [1.82, 2.24) is 5.32 Å². The lowest BCUT2D eigenvalue weighted by Gasteiger charge is -2.09. The monoisotopic (exact) mass is 254 g/mol. The SMILES string of the molecule is CC(C)NC(=O)c1ccc(NC(=O)CCl)cc1. The second kappa shape index (κ2) is 6.25.